The Morgan fingerprint density at radius 1 is 1.35 bits per heavy atom. The molecule has 0 saturated carbocycles. The molecule has 0 unspecified atom stereocenters. The van der Waals surface area contributed by atoms with E-state index >= 15 is 0 Å². The number of carbonyl (C=O) groups is 1. The van der Waals surface area contributed by atoms with Gasteiger partial charge in [0.15, 0.2) is 5.89 Å². The Bertz CT molecular complexity index is 566. The maximum atomic E-state index is 11.9. The first-order chi connectivity index (χ1) is 8.06. The average Bonchev–Trinajstić information content (AvgIpc) is 2.58. The second-order valence-electron chi connectivity index (χ2n) is 3.45. The van der Waals surface area contributed by atoms with Crippen molar-refractivity contribution in [2.45, 2.75) is 13.8 Å². The van der Waals surface area contributed by atoms with E-state index in [1.807, 2.05) is 0 Å². The van der Waals surface area contributed by atoms with Crippen LogP contribution in [0.1, 0.15) is 22.1 Å². The van der Waals surface area contributed by atoms with Gasteiger partial charge in [-0.3, -0.25) is 4.79 Å². The van der Waals surface area contributed by atoms with Crippen LogP contribution in [0.5, 0.6) is 0 Å². The molecular formula is C11H10BrN3O2. The highest BCUT2D eigenvalue weighted by molar-refractivity contribution is 9.10. The Labute approximate surface area is 106 Å². The largest absolute Gasteiger partial charge is 0.436 e. The molecule has 2 aromatic rings. The van der Waals surface area contributed by atoms with Crippen LogP contribution in [0, 0.1) is 13.8 Å². The fourth-order valence-electron chi connectivity index (χ4n) is 1.39. The molecule has 0 bridgehead atoms. The summed E-state index contributed by atoms with van der Waals surface area (Å²) in [5, 5.41) is 2.64. The number of rotatable bonds is 2. The van der Waals surface area contributed by atoms with Crippen LogP contribution in [0.25, 0.3) is 0 Å². The molecule has 1 N–H and O–H groups in total. The summed E-state index contributed by atoms with van der Waals surface area (Å²) in [5.74, 6) is 0.783. The smallest absolute Gasteiger partial charge is 0.294 e. The summed E-state index contributed by atoms with van der Waals surface area (Å²) in [5.41, 5.74) is 0.565. The molecule has 88 valence electrons. The number of aryl methyl sites for hydroxylation is 2. The van der Waals surface area contributed by atoms with Crippen molar-refractivity contribution in [1.29, 1.82) is 0 Å². The van der Waals surface area contributed by atoms with Gasteiger partial charge in [0.05, 0.1) is 5.69 Å². The first-order valence-corrected chi connectivity index (χ1v) is 5.73. The Hall–Kier alpha value is -1.69. The van der Waals surface area contributed by atoms with Gasteiger partial charge in [-0.2, -0.15) is 0 Å². The van der Waals surface area contributed by atoms with Gasteiger partial charge in [-0.25, -0.2) is 9.97 Å². The van der Waals surface area contributed by atoms with Crippen molar-refractivity contribution >= 4 is 27.7 Å². The van der Waals surface area contributed by atoms with Crippen LogP contribution >= 0.6 is 15.9 Å². The summed E-state index contributed by atoms with van der Waals surface area (Å²) in [6, 6.07) is 5.26. The molecule has 17 heavy (non-hydrogen) atoms. The van der Waals surface area contributed by atoms with E-state index in [0.29, 0.717) is 22.0 Å². The second-order valence-corrected chi connectivity index (χ2v) is 4.26. The Morgan fingerprint density at radius 3 is 2.71 bits per heavy atom. The van der Waals surface area contributed by atoms with Crippen LogP contribution in [-0.4, -0.2) is 15.9 Å². The van der Waals surface area contributed by atoms with Gasteiger partial charge in [-0.15, -0.1) is 0 Å². The van der Waals surface area contributed by atoms with Crippen molar-refractivity contribution in [3.63, 3.8) is 0 Å². The lowest BCUT2D eigenvalue weighted by atomic mass is 10.3. The molecule has 0 saturated heterocycles. The summed E-state index contributed by atoms with van der Waals surface area (Å²) >= 11 is 3.23. The van der Waals surface area contributed by atoms with Gasteiger partial charge in [0, 0.05) is 6.92 Å². The number of carbonyl (C=O) groups excluding carboxylic acids is 1. The van der Waals surface area contributed by atoms with E-state index < -0.39 is 0 Å². The molecule has 0 atom stereocenters. The lowest BCUT2D eigenvalue weighted by Gasteiger charge is -2.02. The number of anilines is 1. The van der Waals surface area contributed by atoms with Crippen molar-refractivity contribution in [2.24, 2.45) is 0 Å². The Morgan fingerprint density at radius 2 is 2.12 bits per heavy atom. The minimum absolute atomic E-state index is 0.212. The van der Waals surface area contributed by atoms with E-state index in [1.54, 1.807) is 32.0 Å². The molecule has 2 heterocycles. The molecule has 0 aliphatic heterocycles. The van der Waals surface area contributed by atoms with Crippen LogP contribution in [-0.2, 0) is 0 Å². The molecule has 0 aromatic carbocycles. The molecule has 5 nitrogen and oxygen atoms in total. The zero-order valence-electron chi connectivity index (χ0n) is 9.32. The van der Waals surface area contributed by atoms with Gasteiger partial charge in [-0.1, -0.05) is 6.07 Å². The fourth-order valence-corrected chi connectivity index (χ4v) is 1.74. The number of nitrogens with one attached hydrogen (secondary N) is 1. The van der Waals surface area contributed by atoms with E-state index in [0.717, 1.165) is 0 Å². The minimum Gasteiger partial charge on any atom is -0.436 e. The lowest BCUT2D eigenvalue weighted by molar-refractivity contribution is 0.0994. The molecule has 0 spiro atoms. The average molecular weight is 296 g/mol. The maximum Gasteiger partial charge on any atom is 0.294 e. The van der Waals surface area contributed by atoms with E-state index in [-0.39, 0.29) is 11.7 Å². The van der Waals surface area contributed by atoms with E-state index in [9.17, 15) is 4.79 Å². The van der Waals surface area contributed by atoms with Crippen LogP contribution < -0.4 is 5.32 Å². The molecular weight excluding hydrogens is 286 g/mol. The first-order valence-electron chi connectivity index (χ1n) is 4.94. The van der Waals surface area contributed by atoms with Crippen molar-refractivity contribution < 1.29 is 9.21 Å². The van der Waals surface area contributed by atoms with Gasteiger partial charge in [0.1, 0.15) is 10.4 Å². The third kappa shape index (κ3) is 2.71. The van der Waals surface area contributed by atoms with Gasteiger partial charge in [0.25, 0.3) is 5.91 Å². The molecule has 2 aromatic heterocycles. The third-order valence-electron chi connectivity index (χ3n) is 2.07. The van der Waals surface area contributed by atoms with Gasteiger partial charge in [-0.05, 0) is 35.0 Å². The summed E-state index contributed by atoms with van der Waals surface area (Å²) in [6.45, 7) is 3.42. The van der Waals surface area contributed by atoms with Crippen molar-refractivity contribution in [1.82, 2.24) is 9.97 Å². The summed E-state index contributed by atoms with van der Waals surface area (Å²) in [6.07, 6.45) is 0. The minimum atomic E-state index is -0.353. The number of aromatic nitrogens is 2. The van der Waals surface area contributed by atoms with Crippen LogP contribution in [0.15, 0.2) is 27.2 Å². The van der Waals surface area contributed by atoms with E-state index in [1.165, 1.54) is 0 Å². The number of halogens is 1. The number of amides is 1. The van der Waals surface area contributed by atoms with Crippen molar-refractivity contribution in [3.8, 4) is 0 Å². The topological polar surface area (TPSA) is 68.0 Å². The van der Waals surface area contributed by atoms with Crippen molar-refractivity contribution in [3.05, 3.63) is 40.1 Å². The molecule has 1 amide bonds. The third-order valence-corrected chi connectivity index (χ3v) is 2.51. The summed E-state index contributed by atoms with van der Waals surface area (Å²) in [4.78, 5) is 20.0. The molecule has 0 aliphatic rings. The molecule has 0 radical (unpaired) electrons. The molecule has 2 rings (SSSR count). The number of nitrogens with zero attached hydrogens (tertiary/aromatic N) is 2. The molecule has 0 fully saturated rings. The fraction of sp³-hybridized carbons (Fsp3) is 0.182. The van der Waals surface area contributed by atoms with Crippen molar-refractivity contribution in [2.75, 3.05) is 5.32 Å². The van der Waals surface area contributed by atoms with Gasteiger partial charge < -0.3 is 9.73 Å². The van der Waals surface area contributed by atoms with Gasteiger partial charge >= 0.3 is 0 Å². The van der Waals surface area contributed by atoms with Crippen LogP contribution in [0.2, 0.25) is 0 Å². The van der Waals surface area contributed by atoms with Crippen LogP contribution in [0.4, 0.5) is 5.82 Å². The second kappa shape index (κ2) is 4.67. The Balaban J connectivity index is 2.20. The SMILES string of the molecule is Cc1nc(C)c(C(=O)Nc2cccc(Br)n2)o1. The zero-order valence-corrected chi connectivity index (χ0v) is 10.9. The normalized spacial score (nSPS) is 10.3. The van der Waals surface area contributed by atoms with Crippen LogP contribution in [0.3, 0.4) is 0 Å². The highest BCUT2D eigenvalue weighted by Crippen LogP contribution is 2.14. The highest BCUT2D eigenvalue weighted by Gasteiger charge is 2.16. The first kappa shape index (κ1) is 11.8. The zero-order chi connectivity index (χ0) is 12.4. The Kier molecular flexibility index (Phi) is 3.23. The molecule has 0 aliphatic carbocycles. The maximum absolute atomic E-state index is 11.9. The standard InChI is InChI=1S/C11H10BrN3O2/c1-6-10(17-7(2)13-6)11(16)15-9-5-3-4-8(12)14-9/h3-5H,1-2H3,(H,14,15,16). The predicted molar refractivity (Wildman–Crippen MR) is 65.9 cm³/mol. The predicted octanol–water partition coefficient (Wildman–Crippen LogP) is 2.70. The number of oxazole rings is 1. The van der Waals surface area contributed by atoms with E-state index in [2.05, 4.69) is 31.2 Å². The summed E-state index contributed by atoms with van der Waals surface area (Å²) < 4.78 is 5.87. The quantitative estimate of drug-likeness (QED) is 0.865. The lowest BCUT2D eigenvalue weighted by Crippen LogP contribution is -2.13. The molecule has 6 heteroatoms. The number of hydrogen-bond acceptors (Lipinski definition) is 4. The number of hydrogen-bond donors (Lipinski definition) is 1. The van der Waals surface area contributed by atoms with Gasteiger partial charge in [0.2, 0.25) is 5.76 Å². The summed E-state index contributed by atoms with van der Waals surface area (Å²) in [7, 11) is 0. The monoisotopic (exact) mass is 295 g/mol. The van der Waals surface area contributed by atoms with E-state index in [4.69, 9.17) is 4.42 Å². The highest BCUT2D eigenvalue weighted by atomic mass is 79.9. The number of pyridine rings is 1.